The summed E-state index contributed by atoms with van der Waals surface area (Å²) in [5.74, 6) is 1.99. The van der Waals surface area contributed by atoms with Gasteiger partial charge in [0, 0.05) is 50.5 Å². The summed E-state index contributed by atoms with van der Waals surface area (Å²) in [4.78, 5) is 19.9. The molecule has 0 radical (unpaired) electrons. The Kier molecular flexibility index (Phi) is 6.60. The zero-order chi connectivity index (χ0) is 23.3. The Morgan fingerprint density at radius 2 is 1.62 bits per heavy atom. The molecule has 3 aromatic rings. The van der Waals surface area contributed by atoms with E-state index in [4.69, 9.17) is 4.74 Å². The summed E-state index contributed by atoms with van der Waals surface area (Å²) in [5.41, 5.74) is 3.10. The predicted molar refractivity (Wildman–Crippen MR) is 134 cm³/mol. The predicted octanol–water partition coefficient (Wildman–Crippen LogP) is 3.72. The number of anilines is 2. The van der Waals surface area contributed by atoms with Crippen LogP contribution in [0, 0.1) is 5.92 Å². The van der Waals surface area contributed by atoms with Crippen LogP contribution in [0.4, 0.5) is 11.5 Å². The van der Waals surface area contributed by atoms with E-state index in [2.05, 4.69) is 32.1 Å². The van der Waals surface area contributed by atoms with E-state index in [1.807, 2.05) is 59.5 Å². The molecule has 1 atom stereocenters. The van der Waals surface area contributed by atoms with Crippen LogP contribution in [0.5, 0.6) is 5.75 Å². The Morgan fingerprint density at radius 1 is 0.853 bits per heavy atom. The molecule has 0 saturated carbocycles. The molecule has 2 saturated heterocycles. The highest BCUT2D eigenvalue weighted by Gasteiger charge is 2.31. The van der Waals surface area contributed by atoms with Crippen LogP contribution < -0.4 is 14.5 Å². The van der Waals surface area contributed by atoms with Crippen LogP contribution in [0.3, 0.4) is 0 Å². The SMILES string of the molecule is COc1ccc(N2CCN(C(=O)[C@H]3CCCN(c4ccc(-c5ccccc5)nn4)C3)CC2)cc1. The topological polar surface area (TPSA) is 61.8 Å². The van der Waals surface area contributed by atoms with E-state index in [0.29, 0.717) is 6.54 Å². The number of benzene rings is 2. The number of rotatable bonds is 5. The zero-order valence-electron chi connectivity index (χ0n) is 19.6. The number of aromatic nitrogens is 2. The first-order valence-corrected chi connectivity index (χ1v) is 12.0. The highest BCUT2D eigenvalue weighted by molar-refractivity contribution is 5.80. The average Bonchev–Trinajstić information content (AvgIpc) is 2.93. The molecule has 2 aromatic carbocycles. The van der Waals surface area contributed by atoms with E-state index in [1.54, 1.807) is 7.11 Å². The number of carbonyl (C=O) groups is 1. The molecule has 0 N–H and O–H groups in total. The molecule has 0 bridgehead atoms. The fourth-order valence-corrected chi connectivity index (χ4v) is 4.88. The summed E-state index contributed by atoms with van der Waals surface area (Å²) < 4.78 is 5.26. The molecule has 1 amide bonds. The van der Waals surface area contributed by atoms with E-state index in [-0.39, 0.29) is 11.8 Å². The number of hydrogen-bond acceptors (Lipinski definition) is 6. The number of methoxy groups -OCH3 is 1. The Hall–Kier alpha value is -3.61. The lowest BCUT2D eigenvalue weighted by molar-refractivity contribution is -0.136. The normalized spacial score (nSPS) is 18.6. The first-order valence-electron chi connectivity index (χ1n) is 12.0. The highest BCUT2D eigenvalue weighted by atomic mass is 16.5. The molecule has 2 aliphatic heterocycles. The van der Waals surface area contributed by atoms with Crippen LogP contribution in [0.15, 0.2) is 66.7 Å². The molecule has 0 spiro atoms. The molecule has 0 unspecified atom stereocenters. The third-order valence-corrected chi connectivity index (χ3v) is 6.84. The van der Waals surface area contributed by atoms with Crippen molar-refractivity contribution in [2.24, 2.45) is 5.92 Å². The second-order valence-corrected chi connectivity index (χ2v) is 8.94. The maximum Gasteiger partial charge on any atom is 0.227 e. The van der Waals surface area contributed by atoms with Crippen molar-refractivity contribution < 1.29 is 9.53 Å². The van der Waals surface area contributed by atoms with Crippen LogP contribution in [0.25, 0.3) is 11.3 Å². The summed E-state index contributed by atoms with van der Waals surface area (Å²) in [7, 11) is 1.68. The van der Waals surface area contributed by atoms with Crippen molar-refractivity contribution in [1.29, 1.82) is 0 Å². The van der Waals surface area contributed by atoms with Gasteiger partial charge >= 0.3 is 0 Å². The highest BCUT2D eigenvalue weighted by Crippen LogP contribution is 2.26. The lowest BCUT2D eigenvalue weighted by Crippen LogP contribution is -2.52. The quantitative estimate of drug-likeness (QED) is 0.582. The van der Waals surface area contributed by atoms with Gasteiger partial charge in [0.25, 0.3) is 0 Å². The Morgan fingerprint density at radius 3 is 2.29 bits per heavy atom. The standard InChI is InChI=1S/C27H31N5O2/c1-34-24-11-9-23(10-12-24)30-16-18-31(19-17-30)27(33)22-8-5-15-32(20-22)26-14-13-25(28-29-26)21-6-3-2-4-7-21/h2-4,6-7,9-14,22H,5,8,15-20H2,1H3/t22-/m0/s1. The van der Waals surface area contributed by atoms with Crippen molar-refractivity contribution in [3.63, 3.8) is 0 Å². The van der Waals surface area contributed by atoms with Crippen LogP contribution in [0.2, 0.25) is 0 Å². The van der Waals surface area contributed by atoms with E-state index in [0.717, 1.165) is 68.4 Å². The Bertz CT molecular complexity index is 1080. The first-order chi connectivity index (χ1) is 16.7. The Labute approximate surface area is 201 Å². The molecule has 7 heteroatoms. The molecule has 5 rings (SSSR count). The van der Waals surface area contributed by atoms with Gasteiger partial charge in [-0.25, -0.2) is 0 Å². The van der Waals surface area contributed by atoms with Gasteiger partial charge in [-0.15, -0.1) is 10.2 Å². The second kappa shape index (κ2) is 10.1. The summed E-state index contributed by atoms with van der Waals surface area (Å²) in [6.07, 6.45) is 1.92. The van der Waals surface area contributed by atoms with Gasteiger partial charge in [-0.3, -0.25) is 4.79 Å². The molecular weight excluding hydrogens is 426 g/mol. The number of piperidine rings is 1. The minimum atomic E-state index is 0.0110. The van der Waals surface area contributed by atoms with Gasteiger partial charge in [0.15, 0.2) is 5.82 Å². The van der Waals surface area contributed by atoms with Crippen molar-refractivity contribution in [3.05, 3.63) is 66.7 Å². The fourth-order valence-electron chi connectivity index (χ4n) is 4.88. The molecule has 34 heavy (non-hydrogen) atoms. The van der Waals surface area contributed by atoms with Crippen LogP contribution in [0.1, 0.15) is 12.8 Å². The average molecular weight is 458 g/mol. The summed E-state index contributed by atoms with van der Waals surface area (Å²) in [6, 6.07) is 22.2. The van der Waals surface area contributed by atoms with Crippen molar-refractivity contribution in [3.8, 4) is 17.0 Å². The number of ether oxygens (including phenoxy) is 1. The maximum absolute atomic E-state index is 13.3. The molecule has 1 aromatic heterocycles. The van der Waals surface area contributed by atoms with Gasteiger partial charge in [0.2, 0.25) is 5.91 Å². The van der Waals surface area contributed by atoms with Gasteiger partial charge in [-0.05, 0) is 49.2 Å². The summed E-state index contributed by atoms with van der Waals surface area (Å²) in [6.45, 7) is 4.83. The first kappa shape index (κ1) is 22.2. The van der Waals surface area contributed by atoms with E-state index < -0.39 is 0 Å². The van der Waals surface area contributed by atoms with Gasteiger partial charge in [-0.2, -0.15) is 0 Å². The maximum atomic E-state index is 13.3. The summed E-state index contributed by atoms with van der Waals surface area (Å²) >= 11 is 0. The van der Waals surface area contributed by atoms with Gasteiger partial charge < -0.3 is 19.4 Å². The number of hydrogen-bond donors (Lipinski definition) is 0. The molecule has 3 heterocycles. The third-order valence-electron chi connectivity index (χ3n) is 6.84. The van der Waals surface area contributed by atoms with Crippen molar-refractivity contribution >= 4 is 17.4 Å². The third kappa shape index (κ3) is 4.83. The van der Waals surface area contributed by atoms with Gasteiger partial charge in [-0.1, -0.05) is 30.3 Å². The van der Waals surface area contributed by atoms with Crippen molar-refractivity contribution in [1.82, 2.24) is 15.1 Å². The largest absolute Gasteiger partial charge is 0.497 e. The van der Waals surface area contributed by atoms with E-state index >= 15 is 0 Å². The van der Waals surface area contributed by atoms with Gasteiger partial charge in [0.1, 0.15) is 5.75 Å². The molecule has 2 aliphatic rings. The lowest BCUT2D eigenvalue weighted by Gasteiger charge is -2.40. The molecule has 0 aliphatic carbocycles. The lowest BCUT2D eigenvalue weighted by atomic mass is 9.96. The number of piperazine rings is 1. The minimum Gasteiger partial charge on any atom is -0.497 e. The number of carbonyl (C=O) groups excluding carboxylic acids is 1. The van der Waals surface area contributed by atoms with Gasteiger partial charge in [0.05, 0.1) is 18.7 Å². The number of amides is 1. The van der Waals surface area contributed by atoms with E-state index in [1.165, 1.54) is 5.69 Å². The zero-order valence-corrected chi connectivity index (χ0v) is 19.6. The van der Waals surface area contributed by atoms with Crippen molar-refractivity contribution in [2.45, 2.75) is 12.8 Å². The van der Waals surface area contributed by atoms with Crippen molar-refractivity contribution in [2.75, 3.05) is 56.2 Å². The molecule has 7 nitrogen and oxygen atoms in total. The molecule has 176 valence electrons. The number of nitrogens with zero attached hydrogens (tertiary/aromatic N) is 5. The summed E-state index contributed by atoms with van der Waals surface area (Å²) in [5, 5.41) is 8.91. The Balaban J connectivity index is 1.17. The smallest absolute Gasteiger partial charge is 0.227 e. The molecule has 2 fully saturated rings. The monoisotopic (exact) mass is 457 g/mol. The molecular formula is C27H31N5O2. The van der Waals surface area contributed by atoms with Crippen LogP contribution >= 0.6 is 0 Å². The fraction of sp³-hybridized carbons (Fsp3) is 0.370. The van der Waals surface area contributed by atoms with Crippen LogP contribution in [-0.2, 0) is 4.79 Å². The van der Waals surface area contributed by atoms with Crippen LogP contribution in [-0.4, -0.2) is 67.4 Å². The second-order valence-electron chi connectivity index (χ2n) is 8.94. The minimum absolute atomic E-state index is 0.0110. The van der Waals surface area contributed by atoms with E-state index in [9.17, 15) is 4.79 Å².